The van der Waals surface area contributed by atoms with Gasteiger partial charge >= 0.3 is 0 Å². The first kappa shape index (κ1) is 10.3. The van der Waals surface area contributed by atoms with Crippen LogP contribution < -0.4 is 4.74 Å². The Labute approximate surface area is 102 Å². The summed E-state index contributed by atoms with van der Waals surface area (Å²) in [6.07, 6.45) is 0.793. The summed E-state index contributed by atoms with van der Waals surface area (Å²) in [6.45, 7) is 1.16. The van der Waals surface area contributed by atoms with Gasteiger partial charge in [0.25, 0.3) is 0 Å². The number of ether oxygens (including phenoxy) is 2. The Morgan fingerprint density at radius 2 is 2.25 bits per heavy atom. The molecule has 2 heterocycles. The number of ketones is 1. The average Bonchev–Trinajstić information content (AvgIpc) is 2.31. The van der Waals surface area contributed by atoms with Crippen LogP contribution >= 0.6 is 15.9 Å². The molecule has 3 nitrogen and oxygen atoms in total. The third-order valence-corrected chi connectivity index (χ3v) is 3.61. The standard InChI is InChI=1S/C12H11BrO3/c13-7-1-2-10-8(5-7)12(14)9-6-15-4-3-11(9)16-10/h1-2,5,9,11H,3-4,6H2/t9-,11-/m0/s1. The second-order valence-electron chi connectivity index (χ2n) is 4.13. The van der Waals surface area contributed by atoms with Crippen molar-refractivity contribution in [1.82, 2.24) is 0 Å². The molecule has 0 amide bonds. The molecule has 0 radical (unpaired) electrons. The Kier molecular flexibility index (Phi) is 2.48. The zero-order chi connectivity index (χ0) is 11.1. The van der Waals surface area contributed by atoms with E-state index in [1.54, 1.807) is 0 Å². The van der Waals surface area contributed by atoms with Crippen molar-refractivity contribution in [2.75, 3.05) is 13.2 Å². The van der Waals surface area contributed by atoms with Crippen molar-refractivity contribution in [2.24, 2.45) is 5.92 Å². The summed E-state index contributed by atoms with van der Waals surface area (Å²) in [4.78, 5) is 12.2. The van der Waals surface area contributed by atoms with Crippen LogP contribution in [0.3, 0.4) is 0 Å². The molecule has 2 aliphatic rings. The summed E-state index contributed by atoms with van der Waals surface area (Å²) in [6, 6.07) is 5.57. The maximum atomic E-state index is 12.2. The smallest absolute Gasteiger partial charge is 0.175 e. The number of benzene rings is 1. The van der Waals surface area contributed by atoms with Gasteiger partial charge in [-0.2, -0.15) is 0 Å². The van der Waals surface area contributed by atoms with Crippen molar-refractivity contribution in [3.05, 3.63) is 28.2 Å². The maximum Gasteiger partial charge on any atom is 0.175 e. The van der Waals surface area contributed by atoms with Gasteiger partial charge in [-0.1, -0.05) is 15.9 Å². The molecule has 0 saturated carbocycles. The van der Waals surface area contributed by atoms with E-state index in [9.17, 15) is 4.79 Å². The highest BCUT2D eigenvalue weighted by Crippen LogP contribution is 2.35. The first-order valence-corrected chi connectivity index (χ1v) is 6.13. The Hall–Kier alpha value is -0.870. The van der Waals surface area contributed by atoms with Gasteiger partial charge in [-0.3, -0.25) is 4.79 Å². The van der Waals surface area contributed by atoms with Crippen LogP contribution in [0.4, 0.5) is 0 Å². The second kappa shape index (κ2) is 3.86. The summed E-state index contributed by atoms with van der Waals surface area (Å²) >= 11 is 3.37. The van der Waals surface area contributed by atoms with Crippen LogP contribution in [0.25, 0.3) is 0 Å². The molecule has 0 N–H and O–H groups in total. The van der Waals surface area contributed by atoms with Gasteiger partial charge in [0.05, 0.1) is 24.7 Å². The lowest BCUT2D eigenvalue weighted by molar-refractivity contribution is -0.0212. The second-order valence-corrected chi connectivity index (χ2v) is 5.05. The van der Waals surface area contributed by atoms with Gasteiger partial charge in [-0.25, -0.2) is 0 Å². The fourth-order valence-corrected chi connectivity index (χ4v) is 2.63. The fraction of sp³-hybridized carbons (Fsp3) is 0.417. The van der Waals surface area contributed by atoms with E-state index in [2.05, 4.69) is 15.9 Å². The molecule has 4 heteroatoms. The third-order valence-electron chi connectivity index (χ3n) is 3.12. The third kappa shape index (κ3) is 1.57. The molecular formula is C12H11BrO3. The number of Topliss-reactive ketones (excluding diaryl/α,β-unsaturated/α-hetero) is 1. The molecule has 3 rings (SSSR count). The predicted octanol–water partition coefficient (Wildman–Crippen LogP) is 2.43. The van der Waals surface area contributed by atoms with E-state index in [0.29, 0.717) is 24.5 Å². The minimum atomic E-state index is -0.129. The highest BCUT2D eigenvalue weighted by Gasteiger charge is 2.39. The van der Waals surface area contributed by atoms with Crippen LogP contribution in [0.15, 0.2) is 22.7 Å². The van der Waals surface area contributed by atoms with Crippen LogP contribution in [-0.4, -0.2) is 25.1 Å². The molecule has 1 saturated heterocycles. The molecule has 84 valence electrons. The number of halogens is 1. The van der Waals surface area contributed by atoms with Crippen LogP contribution in [0.1, 0.15) is 16.8 Å². The van der Waals surface area contributed by atoms with E-state index >= 15 is 0 Å². The van der Waals surface area contributed by atoms with E-state index in [1.165, 1.54) is 0 Å². The molecule has 0 aliphatic carbocycles. The maximum absolute atomic E-state index is 12.2. The van der Waals surface area contributed by atoms with E-state index in [4.69, 9.17) is 9.47 Å². The quantitative estimate of drug-likeness (QED) is 0.733. The number of hydrogen-bond donors (Lipinski definition) is 0. The molecule has 0 aromatic heterocycles. The molecule has 2 atom stereocenters. The molecular weight excluding hydrogens is 272 g/mol. The summed E-state index contributed by atoms with van der Waals surface area (Å²) in [5.41, 5.74) is 0.668. The summed E-state index contributed by atoms with van der Waals surface area (Å²) in [5, 5.41) is 0. The van der Waals surface area contributed by atoms with Crippen LogP contribution in [-0.2, 0) is 4.74 Å². The Morgan fingerprint density at radius 3 is 3.12 bits per heavy atom. The first-order valence-electron chi connectivity index (χ1n) is 5.34. The number of carbonyl (C=O) groups is 1. The van der Waals surface area contributed by atoms with Crippen LogP contribution in [0.5, 0.6) is 5.75 Å². The van der Waals surface area contributed by atoms with Gasteiger partial charge in [0.2, 0.25) is 0 Å². The zero-order valence-electron chi connectivity index (χ0n) is 8.61. The SMILES string of the molecule is O=C1c2cc(Br)ccc2O[C@H]2CCOC[C@H]12. The molecule has 0 spiro atoms. The van der Waals surface area contributed by atoms with Crippen LogP contribution in [0.2, 0.25) is 0 Å². The van der Waals surface area contributed by atoms with Gasteiger partial charge in [0.15, 0.2) is 5.78 Å². The lowest BCUT2D eigenvalue weighted by Gasteiger charge is -2.35. The molecule has 1 aromatic rings. The minimum Gasteiger partial charge on any atom is -0.489 e. The summed E-state index contributed by atoms with van der Waals surface area (Å²) in [5.74, 6) is 0.721. The van der Waals surface area contributed by atoms with Crippen molar-refractivity contribution in [3.8, 4) is 5.75 Å². The highest BCUT2D eigenvalue weighted by molar-refractivity contribution is 9.10. The average molecular weight is 283 g/mol. The van der Waals surface area contributed by atoms with Gasteiger partial charge in [0.1, 0.15) is 11.9 Å². The van der Waals surface area contributed by atoms with Gasteiger partial charge < -0.3 is 9.47 Å². The Morgan fingerprint density at radius 1 is 1.38 bits per heavy atom. The summed E-state index contributed by atoms with van der Waals surface area (Å²) in [7, 11) is 0. The van der Waals surface area contributed by atoms with E-state index in [-0.39, 0.29) is 17.8 Å². The molecule has 0 bridgehead atoms. The minimum absolute atomic E-state index is 0.00470. The van der Waals surface area contributed by atoms with Gasteiger partial charge in [-0.05, 0) is 18.2 Å². The van der Waals surface area contributed by atoms with E-state index in [1.807, 2.05) is 18.2 Å². The van der Waals surface area contributed by atoms with Gasteiger partial charge in [-0.15, -0.1) is 0 Å². The molecule has 2 aliphatic heterocycles. The number of hydrogen-bond acceptors (Lipinski definition) is 3. The molecule has 0 unspecified atom stereocenters. The Balaban J connectivity index is 2.03. The number of carbonyl (C=O) groups excluding carboxylic acids is 1. The summed E-state index contributed by atoms with van der Waals surface area (Å²) < 4.78 is 12.1. The zero-order valence-corrected chi connectivity index (χ0v) is 10.2. The topological polar surface area (TPSA) is 35.5 Å². The van der Waals surface area contributed by atoms with Crippen molar-refractivity contribution in [3.63, 3.8) is 0 Å². The Bertz CT molecular complexity index is 444. The van der Waals surface area contributed by atoms with Crippen molar-refractivity contribution in [2.45, 2.75) is 12.5 Å². The van der Waals surface area contributed by atoms with Crippen LogP contribution in [0, 0.1) is 5.92 Å². The van der Waals surface area contributed by atoms with Crippen molar-refractivity contribution >= 4 is 21.7 Å². The lowest BCUT2D eigenvalue weighted by Crippen LogP contribution is -2.44. The highest BCUT2D eigenvalue weighted by atomic mass is 79.9. The molecule has 1 fully saturated rings. The monoisotopic (exact) mass is 282 g/mol. The number of fused-ring (bicyclic) bond motifs is 2. The lowest BCUT2D eigenvalue weighted by atomic mass is 9.87. The largest absolute Gasteiger partial charge is 0.489 e. The van der Waals surface area contributed by atoms with Crippen molar-refractivity contribution < 1.29 is 14.3 Å². The predicted molar refractivity (Wildman–Crippen MR) is 61.8 cm³/mol. The van der Waals surface area contributed by atoms with E-state index in [0.717, 1.165) is 10.9 Å². The van der Waals surface area contributed by atoms with Gasteiger partial charge in [0, 0.05) is 10.9 Å². The fourth-order valence-electron chi connectivity index (χ4n) is 2.26. The molecule has 1 aromatic carbocycles. The van der Waals surface area contributed by atoms with E-state index < -0.39 is 0 Å². The molecule has 16 heavy (non-hydrogen) atoms. The first-order chi connectivity index (χ1) is 7.75. The number of rotatable bonds is 0. The normalized spacial score (nSPS) is 27.9. The van der Waals surface area contributed by atoms with Crippen molar-refractivity contribution in [1.29, 1.82) is 0 Å².